The van der Waals surface area contributed by atoms with Crippen LogP contribution in [0.25, 0.3) is 5.57 Å². The van der Waals surface area contributed by atoms with Crippen LogP contribution in [0.2, 0.25) is 0 Å². The van der Waals surface area contributed by atoms with E-state index in [1.54, 1.807) is 0 Å². The van der Waals surface area contributed by atoms with Gasteiger partial charge >= 0.3 is 29.6 Å². The van der Waals surface area contributed by atoms with Crippen molar-refractivity contribution >= 4 is 11.3 Å². The average molecular weight is 241 g/mol. The van der Waals surface area contributed by atoms with E-state index < -0.39 is 0 Å². The van der Waals surface area contributed by atoms with Crippen LogP contribution in [0.4, 0.5) is 5.69 Å². The Balaban J connectivity index is 0.00000144. The normalized spacial score (nSPS) is 16.1. The van der Waals surface area contributed by atoms with Crippen LogP contribution in [0.3, 0.4) is 0 Å². The molecule has 17 heavy (non-hydrogen) atoms. The fourth-order valence-corrected chi connectivity index (χ4v) is 2.22. The van der Waals surface area contributed by atoms with Gasteiger partial charge in [-0.3, -0.25) is 0 Å². The van der Waals surface area contributed by atoms with E-state index in [-0.39, 0.29) is 36.5 Å². The first kappa shape index (κ1) is 14.6. The molecule has 0 saturated heterocycles. The Hall–Kier alpha value is -0.440. The van der Waals surface area contributed by atoms with Crippen LogP contribution in [0.15, 0.2) is 24.3 Å². The Kier molecular flexibility index (Phi) is 4.70. The molecule has 1 aliphatic heterocycles. The number of rotatable bonds is 2. The molecule has 0 atom stereocenters. The van der Waals surface area contributed by atoms with Gasteiger partial charge in [0.1, 0.15) is 5.75 Å². The van der Waals surface area contributed by atoms with Crippen molar-refractivity contribution in [3.63, 3.8) is 0 Å². The van der Waals surface area contributed by atoms with E-state index in [1.165, 1.54) is 16.8 Å². The number of benzene rings is 1. The second-order valence-corrected chi connectivity index (χ2v) is 4.81. The molecule has 88 valence electrons. The van der Waals surface area contributed by atoms with Gasteiger partial charge in [-0.1, -0.05) is 6.08 Å². The first-order valence-electron chi connectivity index (χ1n) is 5.77. The van der Waals surface area contributed by atoms with Crippen LogP contribution in [0.5, 0.6) is 5.75 Å². The third-order valence-electron chi connectivity index (χ3n) is 2.76. The zero-order chi connectivity index (χ0) is 11.8. The summed E-state index contributed by atoms with van der Waals surface area (Å²) in [4.78, 5) is 0. The minimum absolute atomic E-state index is 0. The van der Waals surface area contributed by atoms with E-state index in [1.807, 2.05) is 13.0 Å². The summed E-state index contributed by atoms with van der Waals surface area (Å²) < 4.78 is 5.52. The Labute approximate surface area is 127 Å². The third kappa shape index (κ3) is 3.27. The number of allylic oxidation sites excluding steroid dienone is 1. The van der Waals surface area contributed by atoms with Gasteiger partial charge in [-0.15, -0.1) is 0 Å². The number of nitrogens with one attached hydrogen (secondary N) is 1. The standard InChI is InChI=1S/C14H19NO.Na.H/c1-5-16-11-6-7-13-12(8-11)10(2)9-14(3,4)15-13;;/h6-9,15H,5H2,1-4H3;;/q;+1;-1. The fraction of sp³-hybridized carbons (Fsp3) is 0.429. The largest absolute Gasteiger partial charge is 1.00 e. The Morgan fingerprint density at radius 3 is 2.71 bits per heavy atom. The number of fused-ring (bicyclic) bond motifs is 1. The molecule has 0 unspecified atom stereocenters. The van der Waals surface area contributed by atoms with Gasteiger partial charge in [-0.2, -0.15) is 0 Å². The Morgan fingerprint density at radius 1 is 1.35 bits per heavy atom. The molecule has 0 aromatic heterocycles. The Bertz CT molecular complexity index is 443. The SMILES string of the molecule is CCOc1ccc2c(c1)C(C)=CC(C)(C)N2.[H-].[Na+]. The molecular weight excluding hydrogens is 221 g/mol. The van der Waals surface area contributed by atoms with Gasteiger partial charge < -0.3 is 11.5 Å². The van der Waals surface area contributed by atoms with Gasteiger partial charge in [0.05, 0.1) is 12.1 Å². The fourth-order valence-electron chi connectivity index (χ4n) is 2.22. The van der Waals surface area contributed by atoms with Gasteiger partial charge in [-0.25, -0.2) is 0 Å². The van der Waals surface area contributed by atoms with Crippen molar-refractivity contribution < 1.29 is 35.7 Å². The summed E-state index contributed by atoms with van der Waals surface area (Å²) in [5.74, 6) is 0.940. The van der Waals surface area contributed by atoms with E-state index in [9.17, 15) is 0 Å². The molecule has 0 bridgehead atoms. The van der Waals surface area contributed by atoms with Crippen molar-refractivity contribution in [1.82, 2.24) is 0 Å². The van der Waals surface area contributed by atoms with Crippen LogP contribution in [0.1, 0.15) is 34.7 Å². The predicted molar refractivity (Wildman–Crippen MR) is 70.1 cm³/mol. The monoisotopic (exact) mass is 241 g/mol. The smallest absolute Gasteiger partial charge is 1.00 e. The Morgan fingerprint density at radius 2 is 2.06 bits per heavy atom. The molecule has 0 spiro atoms. The molecule has 0 saturated carbocycles. The minimum atomic E-state index is 0. The van der Waals surface area contributed by atoms with Crippen LogP contribution < -0.4 is 39.6 Å². The molecule has 1 aromatic rings. The molecule has 0 fully saturated rings. The van der Waals surface area contributed by atoms with Crippen LogP contribution >= 0.6 is 0 Å². The molecule has 3 heteroatoms. The van der Waals surface area contributed by atoms with Crippen molar-refractivity contribution in [2.24, 2.45) is 0 Å². The average Bonchev–Trinajstić information content (AvgIpc) is 2.18. The zero-order valence-electron chi connectivity index (χ0n) is 12.4. The number of hydrogen-bond acceptors (Lipinski definition) is 2. The summed E-state index contributed by atoms with van der Waals surface area (Å²) in [6, 6.07) is 6.22. The van der Waals surface area contributed by atoms with Crippen molar-refractivity contribution in [1.29, 1.82) is 0 Å². The van der Waals surface area contributed by atoms with Crippen LogP contribution in [0, 0.1) is 0 Å². The van der Waals surface area contributed by atoms with Crippen molar-refractivity contribution in [2.45, 2.75) is 33.2 Å². The van der Waals surface area contributed by atoms with E-state index in [0.29, 0.717) is 6.61 Å². The number of hydrogen-bond donors (Lipinski definition) is 1. The summed E-state index contributed by atoms with van der Waals surface area (Å²) in [6.07, 6.45) is 2.26. The van der Waals surface area contributed by atoms with E-state index >= 15 is 0 Å². The molecule has 2 nitrogen and oxygen atoms in total. The van der Waals surface area contributed by atoms with Gasteiger partial charge in [-0.05, 0) is 51.5 Å². The summed E-state index contributed by atoms with van der Waals surface area (Å²) in [7, 11) is 0. The topological polar surface area (TPSA) is 21.3 Å². The molecule has 1 N–H and O–H groups in total. The minimum Gasteiger partial charge on any atom is -1.00 e. The summed E-state index contributed by atoms with van der Waals surface area (Å²) >= 11 is 0. The molecule has 1 aliphatic rings. The maximum atomic E-state index is 5.52. The van der Waals surface area contributed by atoms with Crippen LogP contribution in [-0.2, 0) is 0 Å². The van der Waals surface area contributed by atoms with Crippen molar-refractivity contribution in [2.75, 3.05) is 11.9 Å². The predicted octanol–water partition coefficient (Wildman–Crippen LogP) is 0.809. The van der Waals surface area contributed by atoms with Gasteiger partial charge in [0.2, 0.25) is 0 Å². The number of anilines is 1. The van der Waals surface area contributed by atoms with Crippen molar-refractivity contribution in [3.8, 4) is 5.75 Å². The molecule has 2 rings (SSSR count). The van der Waals surface area contributed by atoms with E-state index in [2.05, 4.69) is 44.3 Å². The maximum absolute atomic E-state index is 5.52. The molecule has 0 amide bonds. The maximum Gasteiger partial charge on any atom is 1.00 e. The molecule has 0 radical (unpaired) electrons. The molecule has 1 heterocycles. The van der Waals surface area contributed by atoms with E-state index in [0.717, 1.165) is 5.75 Å². The van der Waals surface area contributed by atoms with Crippen molar-refractivity contribution in [3.05, 3.63) is 29.8 Å². The third-order valence-corrected chi connectivity index (χ3v) is 2.76. The van der Waals surface area contributed by atoms with Gasteiger partial charge in [0, 0.05) is 11.3 Å². The van der Waals surface area contributed by atoms with E-state index in [4.69, 9.17) is 4.74 Å². The summed E-state index contributed by atoms with van der Waals surface area (Å²) in [5.41, 5.74) is 3.77. The molecule has 0 aliphatic carbocycles. The second kappa shape index (κ2) is 5.47. The molecular formula is C14H20NNaO. The van der Waals surface area contributed by atoms with Gasteiger partial charge in [0.25, 0.3) is 0 Å². The second-order valence-electron chi connectivity index (χ2n) is 4.81. The van der Waals surface area contributed by atoms with Crippen LogP contribution in [-0.4, -0.2) is 12.1 Å². The van der Waals surface area contributed by atoms with Gasteiger partial charge in [0.15, 0.2) is 0 Å². The first-order chi connectivity index (χ1) is 7.52. The number of ether oxygens (including phenoxy) is 1. The summed E-state index contributed by atoms with van der Waals surface area (Å²) in [6.45, 7) is 9.22. The zero-order valence-corrected chi connectivity index (χ0v) is 13.4. The molecule has 1 aromatic carbocycles. The first-order valence-corrected chi connectivity index (χ1v) is 5.77. The summed E-state index contributed by atoms with van der Waals surface area (Å²) in [5, 5.41) is 3.50. The quantitative estimate of drug-likeness (QED) is 0.774.